The molecule has 1 amide bonds. The van der Waals surface area contributed by atoms with Crippen molar-refractivity contribution in [2.45, 2.75) is 43.2 Å². The lowest BCUT2D eigenvalue weighted by molar-refractivity contribution is 0.0714. The highest BCUT2D eigenvalue weighted by atomic mass is 35.5. The van der Waals surface area contributed by atoms with Crippen LogP contribution in [0.15, 0.2) is 57.8 Å². The van der Waals surface area contributed by atoms with Crippen LogP contribution in [0.2, 0.25) is 5.02 Å². The van der Waals surface area contributed by atoms with Crippen LogP contribution in [0.1, 0.15) is 41.9 Å². The monoisotopic (exact) mass is 486 g/mol. The molecule has 0 unspecified atom stereocenters. The number of carbonyl (C=O) groups excluding carboxylic acids is 1. The smallest absolute Gasteiger partial charge is 0.254 e. The molecular weight excluding hydrogens is 464 g/mol. The van der Waals surface area contributed by atoms with E-state index in [2.05, 4.69) is 10.2 Å². The number of sulfonamides is 1. The van der Waals surface area contributed by atoms with Gasteiger partial charge in [-0.15, -0.1) is 10.2 Å². The van der Waals surface area contributed by atoms with Gasteiger partial charge in [0.25, 0.3) is 5.91 Å². The zero-order chi connectivity index (χ0) is 23.0. The van der Waals surface area contributed by atoms with Crippen LogP contribution >= 0.6 is 11.6 Å². The van der Waals surface area contributed by atoms with Crippen molar-refractivity contribution in [2.24, 2.45) is 0 Å². The van der Waals surface area contributed by atoms with Gasteiger partial charge in [0, 0.05) is 24.7 Å². The van der Waals surface area contributed by atoms with Gasteiger partial charge in [0.2, 0.25) is 21.8 Å². The van der Waals surface area contributed by atoms with Crippen molar-refractivity contribution >= 4 is 27.5 Å². The molecule has 1 aromatic heterocycles. The Hall–Kier alpha value is -2.75. The fourth-order valence-corrected chi connectivity index (χ4v) is 5.77. The van der Waals surface area contributed by atoms with E-state index in [9.17, 15) is 13.2 Å². The second-order valence-corrected chi connectivity index (χ2v) is 10.6. The van der Waals surface area contributed by atoms with Crippen molar-refractivity contribution in [2.75, 3.05) is 13.1 Å². The third kappa shape index (κ3) is 4.53. The Bertz CT molecular complexity index is 1280. The number of hydrogen-bond acceptors (Lipinski definition) is 6. The van der Waals surface area contributed by atoms with Gasteiger partial charge in [-0.1, -0.05) is 29.8 Å². The number of benzene rings is 2. The van der Waals surface area contributed by atoms with Crippen LogP contribution in [-0.4, -0.2) is 52.9 Å². The van der Waals surface area contributed by atoms with Crippen LogP contribution in [0.3, 0.4) is 0 Å². The molecule has 0 N–H and O–H groups in total. The number of nitrogens with zero attached hydrogens (tertiary/aromatic N) is 4. The minimum absolute atomic E-state index is 0.0620. The molecule has 1 saturated carbocycles. The summed E-state index contributed by atoms with van der Waals surface area (Å²) in [4.78, 5) is 15.2. The zero-order valence-electron chi connectivity index (χ0n) is 17.9. The van der Waals surface area contributed by atoms with Gasteiger partial charge < -0.3 is 9.32 Å². The number of carbonyl (C=O) groups is 1. The molecule has 172 valence electrons. The second kappa shape index (κ2) is 8.89. The van der Waals surface area contributed by atoms with E-state index in [-0.39, 0.29) is 29.3 Å². The molecule has 10 heteroatoms. The third-order valence-electron chi connectivity index (χ3n) is 5.91. The Morgan fingerprint density at radius 3 is 2.58 bits per heavy atom. The van der Waals surface area contributed by atoms with Gasteiger partial charge in [-0.05, 0) is 56.0 Å². The van der Waals surface area contributed by atoms with E-state index in [1.54, 1.807) is 35.2 Å². The Labute approximate surface area is 197 Å². The van der Waals surface area contributed by atoms with Gasteiger partial charge in [-0.2, -0.15) is 4.31 Å². The molecule has 1 saturated heterocycles. The van der Waals surface area contributed by atoms with Gasteiger partial charge in [0.05, 0.1) is 22.0 Å². The molecule has 3 aromatic rings. The van der Waals surface area contributed by atoms with Crippen molar-refractivity contribution in [3.63, 3.8) is 0 Å². The molecule has 5 rings (SSSR count). The lowest BCUT2D eigenvalue weighted by atomic mass is 10.2. The van der Waals surface area contributed by atoms with E-state index in [0.717, 1.165) is 25.7 Å². The van der Waals surface area contributed by atoms with Crippen molar-refractivity contribution in [3.8, 4) is 11.5 Å². The predicted molar refractivity (Wildman–Crippen MR) is 122 cm³/mol. The molecule has 0 spiro atoms. The number of rotatable bonds is 7. The lowest BCUT2D eigenvalue weighted by Gasteiger charge is -2.21. The van der Waals surface area contributed by atoms with Crippen molar-refractivity contribution in [3.05, 3.63) is 65.0 Å². The van der Waals surface area contributed by atoms with Gasteiger partial charge in [-0.3, -0.25) is 4.79 Å². The number of halogens is 1. The first-order valence-electron chi connectivity index (χ1n) is 10.9. The standard InChI is InChI=1S/C23H23ClN4O4S/c24-20-9-2-1-8-19(20)22-26-25-21(32-22)15-28(17-10-11-17)23(29)16-6-5-7-18(14-16)33(30,31)27-12-3-4-13-27/h1-2,5-9,14,17H,3-4,10-13,15H2. The molecule has 2 aromatic carbocycles. The lowest BCUT2D eigenvalue weighted by Crippen LogP contribution is -2.33. The summed E-state index contributed by atoms with van der Waals surface area (Å²) in [6.07, 6.45) is 3.47. The third-order valence-corrected chi connectivity index (χ3v) is 8.13. The predicted octanol–water partition coefficient (Wildman–Crippen LogP) is 3.98. The first kappa shape index (κ1) is 22.1. The summed E-state index contributed by atoms with van der Waals surface area (Å²) >= 11 is 6.22. The largest absolute Gasteiger partial charge is 0.419 e. The Kier molecular flexibility index (Phi) is 5.94. The van der Waals surface area contributed by atoms with E-state index in [4.69, 9.17) is 16.0 Å². The summed E-state index contributed by atoms with van der Waals surface area (Å²) in [7, 11) is -3.61. The molecule has 2 heterocycles. The molecule has 2 aliphatic rings. The molecular formula is C23H23ClN4O4S. The van der Waals surface area contributed by atoms with Crippen LogP contribution in [0.4, 0.5) is 0 Å². The maximum Gasteiger partial charge on any atom is 0.254 e. The average molecular weight is 487 g/mol. The fourth-order valence-electron chi connectivity index (χ4n) is 3.99. The van der Waals surface area contributed by atoms with Gasteiger partial charge in [0.15, 0.2) is 0 Å². The fraction of sp³-hybridized carbons (Fsp3) is 0.348. The average Bonchev–Trinajstić information content (AvgIpc) is 3.30. The molecule has 0 bridgehead atoms. The minimum atomic E-state index is -3.61. The van der Waals surface area contributed by atoms with E-state index in [1.165, 1.54) is 10.4 Å². The molecule has 1 aliphatic carbocycles. The van der Waals surface area contributed by atoms with E-state index >= 15 is 0 Å². The summed E-state index contributed by atoms with van der Waals surface area (Å²) in [5.74, 6) is 0.331. The minimum Gasteiger partial charge on any atom is -0.419 e. The SMILES string of the molecule is O=C(c1cccc(S(=O)(=O)N2CCCC2)c1)N(Cc1nnc(-c2ccccc2Cl)o1)C1CC1. The summed E-state index contributed by atoms with van der Waals surface area (Å²) in [6.45, 7) is 1.17. The second-order valence-electron chi connectivity index (χ2n) is 8.28. The Morgan fingerprint density at radius 1 is 1.09 bits per heavy atom. The van der Waals surface area contributed by atoms with E-state index < -0.39 is 10.0 Å². The highest BCUT2D eigenvalue weighted by Gasteiger charge is 2.35. The highest BCUT2D eigenvalue weighted by Crippen LogP contribution is 2.32. The first-order valence-corrected chi connectivity index (χ1v) is 12.7. The van der Waals surface area contributed by atoms with Crippen molar-refractivity contribution in [1.82, 2.24) is 19.4 Å². The number of hydrogen-bond donors (Lipinski definition) is 0. The Morgan fingerprint density at radius 2 is 1.85 bits per heavy atom. The van der Waals surface area contributed by atoms with E-state index in [0.29, 0.717) is 35.1 Å². The maximum absolute atomic E-state index is 13.4. The van der Waals surface area contributed by atoms with Gasteiger partial charge in [-0.25, -0.2) is 8.42 Å². The molecule has 0 atom stereocenters. The number of amides is 1. The summed E-state index contributed by atoms with van der Waals surface area (Å²) < 4.78 is 33.1. The van der Waals surface area contributed by atoms with Gasteiger partial charge in [0.1, 0.15) is 0 Å². The van der Waals surface area contributed by atoms with Crippen LogP contribution < -0.4 is 0 Å². The molecule has 0 radical (unpaired) electrons. The van der Waals surface area contributed by atoms with Gasteiger partial charge >= 0.3 is 0 Å². The number of aromatic nitrogens is 2. The normalized spacial score (nSPS) is 16.8. The summed E-state index contributed by atoms with van der Waals surface area (Å²) in [5, 5.41) is 8.67. The van der Waals surface area contributed by atoms with Crippen LogP contribution in [0, 0.1) is 0 Å². The Balaban J connectivity index is 1.38. The topological polar surface area (TPSA) is 96.6 Å². The highest BCUT2D eigenvalue weighted by molar-refractivity contribution is 7.89. The van der Waals surface area contributed by atoms with Crippen molar-refractivity contribution < 1.29 is 17.6 Å². The van der Waals surface area contributed by atoms with Crippen molar-refractivity contribution in [1.29, 1.82) is 0 Å². The zero-order valence-corrected chi connectivity index (χ0v) is 19.4. The molecule has 2 fully saturated rings. The summed E-state index contributed by atoms with van der Waals surface area (Å²) in [5.41, 5.74) is 0.954. The molecule has 8 nitrogen and oxygen atoms in total. The summed E-state index contributed by atoms with van der Waals surface area (Å²) in [6, 6.07) is 13.5. The van der Waals surface area contributed by atoms with Crippen LogP contribution in [-0.2, 0) is 16.6 Å². The van der Waals surface area contributed by atoms with E-state index in [1.807, 2.05) is 12.1 Å². The first-order chi connectivity index (χ1) is 15.9. The maximum atomic E-state index is 13.4. The quantitative estimate of drug-likeness (QED) is 0.501. The molecule has 33 heavy (non-hydrogen) atoms. The molecule has 1 aliphatic heterocycles. The van der Waals surface area contributed by atoms with Crippen LogP contribution in [0.5, 0.6) is 0 Å². The van der Waals surface area contributed by atoms with Crippen LogP contribution in [0.25, 0.3) is 11.5 Å².